The molecule has 1 aromatic heterocycles. The second-order valence-electron chi connectivity index (χ2n) is 15.4. The first-order valence-corrected chi connectivity index (χ1v) is 22.6. The summed E-state index contributed by atoms with van der Waals surface area (Å²) in [6.45, 7) is 4.86. The molecule has 10 rings (SSSR count). The van der Waals surface area contributed by atoms with Crippen molar-refractivity contribution in [2.75, 3.05) is 0 Å². The highest BCUT2D eigenvalue weighted by molar-refractivity contribution is 7.03. The van der Waals surface area contributed by atoms with Crippen LogP contribution in [0.2, 0.25) is 13.1 Å². The van der Waals surface area contributed by atoms with Crippen molar-refractivity contribution in [1.29, 1.82) is 0 Å². The summed E-state index contributed by atoms with van der Waals surface area (Å²) in [5.41, 5.74) is 17.5. The first-order valence-electron chi connectivity index (χ1n) is 19.6. The van der Waals surface area contributed by atoms with Crippen LogP contribution in [0.1, 0.15) is 0 Å². The molecule has 3 heteroatoms. The molecular formula is C54H40N2Si. The molecule has 0 fully saturated rings. The fourth-order valence-electron chi connectivity index (χ4n) is 8.41. The zero-order valence-corrected chi connectivity index (χ0v) is 33.0. The monoisotopic (exact) mass is 744 g/mol. The Balaban J connectivity index is 1.04. The maximum Gasteiger partial charge on any atom is 0.159 e. The van der Waals surface area contributed by atoms with Crippen LogP contribution in [0.3, 0.4) is 0 Å². The molecule has 0 amide bonds. The van der Waals surface area contributed by atoms with Gasteiger partial charge in [0.15, 0.2) is 5.82 Å². The SMILES string of the molecule is C[Si]1(C)c2ccccc2-c2c(-c3cccc(-c4ccc(-c5ccccc5)cc4)c3)nc(-c3cccc(-c4cccc(-c5ccc(-c6ccccc6)cc5)c4)c3)nc21. The molecule has 1 aliphatic heterocycles. The number of aromatic nitrogens is 2. The number of hydrogen-bond donors (Lipinski definition) is 0. The first kappa shape index (κ1) is 34.5. The van der Waals surface area contributed by atoms with Crippen molar-refractivity contribution in [3.05, 3.63) is 206 Å². The van der Waals surface area contributed by atoms with Gasteiger partial charge in [-0.25, -0.2) is 9.97 Å². The van der Waals surface area contributed by atoms with Gasteiger partial charge in [-0.15, -0.1) is 0 Å². The lowest BCUT2D eigenvalue weighted by molar-refractivity contribution is 1.21. The van der Waals surface area contributed by atoms with Crippen molar-refractivity contribution >= 4 is 18.6 Å². The highest BCUT2D eigenvalue weighted by Gasteiger charge is 2.41. The number of fused-ring (bicyclic) bond motifs is 3. The zero-order valence-electron chi connectivity index (χ0n) is 32.0. The third-order valence-electron chi connectivity index (χ3n) is 11.5. The Morgan fingerprint density at radius 3 is 1.23 bits per heavy atom. The summed E-state index contributed by atoms with van der Waals surface area (Å²) in [6, 6.07) is 74.1. The number of benzene rings is 8. The third kappa shape index (κ3) is 6.42. The van der Waals surface area contributed by atoms with E-state index in [0.717, 1.165) is 33.8 Å². The summed E-state index contributed by atoms with van der Waals surface area (Å²) in [6.07, 6.45) is 0. The van der Waals surface area contributed by atoms with Crippen LogP contribution < -0.4 is 10.5 Å². The van der Waals surface area contributed by atoms with E-state index < -0.39 is 8.07 Å². The fourth-order valence-corrected chi connectivity index (χ4v) is 11.3. The Bertz CT molecular complexity index is 2900. The zero-order chi connectivity index (χ0) is 38.3. The Labute approximate surface area is 335 Å². The minimum atomic E-state index is -2.13. The normalized spacial score (nSPS) is 12.5. The van der Waals surface area contributed by atoms with Crippen molar-refractivity contribution < 1.29 is 0 Å². The Kier molecular flexibility index (Phi) is 8.66. The van der Waals surface area contributed by atoms with Gasteiger partial charge in [0.1, 0.15) is 8.07 Å². The summed E-state index contributed by atoms with van der Waals surface area (Å²) < 4.78 is 0. The highest BCUT2D eigenvalue weighted by atomic mass is 28.3. The maximum absolute atomic E-state index is 5.48. The Morgan fingerprint density at radius 2 is 0.684 bits per heavy atom. The molecule has 1 aliphatic rings. The molecule has 0 saturated carbocycles. The second kappa shape index (κ2) is 14.3. The van der Waals surface area contributed by atoms with E-state index in [0.29, 0.717) is 0 Å². The van der Waals surface area contributed by atoms with Crippen LogP contribution in [0.4, 0.5) is 0 Å². The Hall–Kier alpha value is -6.94. The van der Waals surface area contributed by atoms with Gasteiger partial charge in [0.2, 0.25) is 0 Å². The molecule has 0 saturated heterocycles. The van der Waals surface area contributed by atoms with E-state index in [-0.39, 0.29) is 0 Å². The van der Waals surface area contributed by atoms with Gasteiger partial charge < -0.3 is 0 Å². The van der Waals surface area contributed by atoms with Gasteiger partial charge in [0.05, 0.1) is 5.69 Å². The summed E-state index contributed by atoms with van der Waals surface area (Å²) in [5.74, 6) is 0.768. The molecule has 0 spiro atoms. The van der Waals surface area contributed by atoms with Gasteiger partial charge in [-0.3, -0.25) is 0 Å². The Morgan fingerprint density at radius 1 is 0.316 bits per heavy atom. The van der Waals surface area contributed by atoms with Crippen molar-refractivity contribution in [1.82, 2.24) is 9.97 Å². The van der Waals surface area contributed by atoms with Crippen molar-refractivity contribution in [3.8, 4) is 89.4 Å². The maximum atomic E-state index is 5.48. The predicted octanol–water partition coefficient (Wildman–Crippen LogP) is 12.9. The van der Waals surface area contributed by atoms with Gasteiger partial charge in [0.25, 0.3) is 0 Å². The molecule has 0 N–H and O–H groups in total. The number of nitrogens with zero attached hydrogens (tertiary/aromatic N) is 2. The van der Waals surface area contributed by atoms with E-state index in [1.54, 1.807) is 0 Å². The van der Waals surface area contributed by atoms with Gasteiger partial charge in [-0.1, -0.05) is 201 Å². The topological polar surface area (TPSA) is 25.8 Å². The third-order valence-corrected chi connectivity index (χ3v) is 14.8. The smallest absolute Gasteiger partial charge is 0.159 e. The minimum absolute atomic E-state index is 0.768. The molecular weight excluding hydrogens is 705 g/mol. The molecule has 2 heterocycles. The number of rotatable bonds is 7. The van der Waals surface area contributed by atoms with Crippen molar-refractivity contribution in [2.45, 2.75) is 13.1 Å². The van der Waals surface area contributed by atoms with Crippen LogP contribution in [0.15, 0.2) is 206 Å². The predicted molar refractivity (Wildman–Crippen MR) is 242 cm³/mol. The molecule has 9 aromatic rings. The lowest BCUT2D eigenvalue weighted by Gasteiger charge is -2.19. The molecule has 0 radical (unpaired) electrons. The summed E-state index contributed by atoms with van der Waals surface area (Å²) in [7, 11) is -2.13. The molecule has 0 bridgehead atoms. The van der Waals surface area contributed by atoms with E-state index >= 15 is 0 Å². The molecule has 2 nitrogen and oxygen atoms in total. The molecule has 0 atom stereocenters. The van der Waals surface area contributed by atoms with Gasteiger partial charge in [-0.2, -0.15) is 0 Å². The lowest BCUT2D eigenvalue weighted by atomic mass is 9.95. The average molecular weight is 745 g/mol. The van der Waals surface area contributed by atoms with E-state index in [2.05, 4.69) is 219 Å². The van der Waals surface area contributed by atoms with E-state index in [4.69, 9.17) is 9.97 Å². The standard InChI is InChI=1S/C54H40N2Si/c1-57(2)50-25-10-9-24-49(50)51-52(47-22-12-19-44(35-47)42-32-28-40(29-33-42)38-16-7-4-8-17-38)55-53(56-54(51)57)48-23-13-21-46(36-48)45-20-11-18-43(34-45)41-30-26-39(27-31-41)37-14-5-3-6-15-37/h3-36H,1-2H3. The van der Waals surface area contributed by atoms with Crippen molar-refractivity contribution in [2.24, 2.45) is 0 Å². The van der Waals surface area contributed by atoms with Crippen LogP contribution in [-0.2, 0) is 0 Å². The summed E-state index contributed by atoms with van der Waals surface area (Å²) >= 11 is 0. The largest absolute Gasteiger partial charge is 0.237 e. The minimum Gasteiger partial charge on any atom is -0.237 e. The quantitative estimate of drug-likeness (QED) is 0.152. The van der Waals surface area contributed by atoms with Crippen molar-refractivity contribution in [3.63, 3.8) is 0 Å². The van der Waals surface area contributed by atoms with Crippen LogP contribution in [-0.4, -0.2) is 18.0 Å². The van der Waals surface area contributed by atoms with E-state index in [9.17, 15) is 0 Å². The fraction of sp³-hybridized carbons (Fsp3) is 0.0370. The first-order chi connectivity index (χ1) is 28.0. The molecule has 8 aromatic carbocycles. The summed E-state index contributed by atoms with van der Waals surface area (Å²) in [4.78, 5) is 11.0. The van der Waals surface area contributed by atoms with Crippen LogP contribution in [0, 0.1) is 0 Å². The van der Waals surface area contributed by atoms with Gasteiger partial charge in [-0.05, 0) is 84.6 Å². The van der Waals surface area contributed by atoms with Crippen LogP contribution in [0.5, 0.6) is 0 Å². The molecule has 0 unspecified atom stereocenters. The average Bonchev–Trinajstić information content (AvgIpc) is 3.52. The number of hydrogen-bond acceptors (Lipinski definition) is 2. The van der Waals surface area contributed by atoms with Gasteiger partial charge >= 0.3 is 0 Å². The second-order valence-corrected chi connectivity index (χ2v) is 19.7. The van der Waals surface area contributed by atoms with Crippen LogP contribution >= 0.6 is 0 Å². The molecule has 270 valence electrons. The van der Waals surface area contributed by atoms with Crippen LogP contribution in [0.25, 0.3) is 89.4 Å². The highest BCUT2D eigenvalue weighted by Crippen LogP contribution is 2.38. The summed E-state index contributed by atoms with van der Waals surface area (Å²) in [5, 5.41) is 2.62. The molecule has 57 heavy (non-hydrogen) atoms. The van der Waals surface area contributed by atoms with E-state index in [1.165, 1.54) is 66.1 Å². The van der Waals surface area contributed by atoms with Gasteiger partial charge in [0, 0.05) is 22.0 Å². The molecule has 0 aliphatic carbocycles. The van der Waals surface area contributed by atoms with E-state index in [1.807, 2.05) is 0 Å². The lowest BCUT2D eigenvalue weighted by Crippen LogP contribution is -2.50.